The number of amides is 1. The number of carbonyl (C=O) groups is 1. The van der Waals surface area contributed by atoms with Gasteiger partial charge in [0.25, 0.3) is 0 Å². The SMILES string of the molecule is CN=C(NCCC(=O)NCc1ccccc1)NC1CC(C)(C)Oc2ccccc21. The zero-order valence-electron chi connectivity index (χ0n) is 17.4. The number of hydrogen-bond acceptors (Lipinski definition) is 3. The minimum atomic E-state index is -0.262. The van der Waals surface area contributed by atoms with E-state index in [0.717, 1.165) is 23.3 Å². The average molecular weight is 395 g/mol. The Morgan fingerprint density at radius 3 is 2.59 bits per heavy atom. The lowest BCUT2D eigenvalue weighted by molar-refractivity contribution is -0.121. The third kappa shape index (κ3) is 5.98. The number of carbonyl (C=O) groups excluding carboxylic acids is 1. The molecular formula is C23H30N4O2. The standard InChI is InChI=1S/C23H30N4O2/c1-23(2)15-19(18-11-7-8-12-20(18)29-23)27-22(24-3)25-14-13-21(28)26-16-17-9-5-4-6-10-17/h4-12,19H,13-16H2,1-3H3,(H,26,28)(H2,24,25,27). The molecule has 3 N–H and O–H groups in total. The van der Waals surface area contributed by atoms with E-state index < -0.39 is 0 Å². The van der Waals surface area contributed by atoms with Crippen molar-refractivity contribution < 1.29 is 9.53 Å². The van der Waals surface area contributed by atoms with Crippen LogP contribution in [-0.4, -0.2) is 31.1 Å². The molecule has 3 rings (SSSR count). The van der Waals surface area contributed by atoms with Gasteiger partial charge in [0.2, 0.25) is 5.91 Å². The van der Waals surface area contributed by atoms with Gasteiger partial charge in [0.1, 0.15) is 11.4 Å². The number of nitrogens with zero attached hydrogens (tertiary/aromatic N) is 1. The summed E-state index contributed by atoms with van der Waals surface area (Å²) >= 11 is 0. The van der Waals surface area contributed by atoms with Crippen LogP contribution in [0.15, 0.2) is 59.6 Å². The van der Waals surface area contributed by atoms with Gasteiger partial charge in [-0.15, -0.1) is 0 Å². The first-order valence-corrected chi connectivity index (χ1v) is 10.0. The predicted molar refractivity (Wildman–Crippen MR) is 116 cm³/mol. The summed E-state index contributed by atoms with van der Waals surface area (Å²) in [7, 11) is 1.74. The summed E-state index contributed by atoms with van der Waals surface area (Å²) in [6, 6.07) is 18.1. The molecule has 1 heterocycles. The molecule has 0 aliphatic carbocycles. The maximum Gasteiger partial charge on any atom is 0.222 e. The van der Waals surface area contributed by atoms with Gasteiger partial charge in [-0.2, -0.15) is 0 Å². The lowest BCUT2D eigenvalue weighted by Gasteiger charge is -2.38. The molecule has 1 aliphatic rings. The van der Waals surface area contributed by atoms with Crippen molar-refractivity contribution in [1.82, 2.24) is 16.0 Å². The van der Waals surface area contributed by atoms with E-state index in [1.165, 1.54) is 0 Å². The van der Waals surface area contributed by atoms with Gasteiger partial charge in [0.05, 0.1) is 6.04 Å². The summed E-state index contributed by atoms with van der Waals surface area (Å²) in [5, 5.41) is 9.66. The lowest BCUT2D eigenvalue weighted by atomic mass is 9.90. The number of fused-ring (bicyclic) bond motifs is 1. The van der Waals surface area contributed by atoms with Crippen LogP contribution in [0.2, 0.25) is 0 Å². The largest absolute Gasteiger partial charge is 0.487 e. The zero-order chi connectivity index (χ0) is 20.7. The Hall–Kier alpha value is -3.02. The molecule has 2 aromatic rings. The summed E-state index contributed by atoms with van der Waals surface area (Å²) in [5.74, 6) is 1.59. The van der Waals surface area contributed by atoms with Gasteiger partial charge >= 0.3 is 0 Å². The number of guanidine groups is 1. The highest BCUT2D eigenvalue weighted by Crippen LogP contribution is 2.39. The summed E-state index contributed by atoms with van der Waals surface area (Å²) in [6.07, 6.45) is 1.20. The monoisotopic (exact) mass is 394 g/mol. The van der Waals surface area contributed by atoms with Crippen LogP contribution >= 0.6 is 0 Å². The van der Waals surface area contributed by atoms with Crippen LogP contribution < -0.4 is 20.7 Å². The van der Waals surface area contributed by atoms with Crippen LogP contribution in [0.1, 0.15) is 43.9 Å². The van der Waals surface area contributed by atoms with E-state index in [4.69, 9.17) is 4.74 Å². The maximum atomic E-state index is 12.1. The van der Waals surface area contributed by atoms with Crippen molar-refractivity contribution in [2.24, 2.45) is 4.99 Å². The average Bonchev–Trinajstić information content (AvgIpc) is 2.71. The molecule has 1 amide bonds. The van der Waals surface area contributed by atoms with E-state index in [9.17, 15) is 4.79 Å². The van der Waals surface area contributed by atoms with E-state index in [0.29, 0.717) is 25.5 Å². The fraction of sp³-hybridized carbons (Fsp3) is 0.391. The number of benzene rings is 2. The van der Waals surface area contributed by atoms with Crippen molar-refractivity contribution in [2.45, 2.75) is 44.9 Å². The molecule has 6 heteroatoms. The van der Waals surface area contributed by atoms with Crippen molar-refractivity contribution in [3.8, 4) is 5.75 Å². The topological polar surface area (TPSA) is 74.8 Å². The van der Waals surface area contributed by atoms with Crippen molar-refractivity contribution >= 4 is 11.9 Å². The zero-order valence-corrected chi connectivity index (χ0v) is 17.4. The predicted octanol–water partition coefficient (Wildman–Crippen LogP) is 3.16. The fourth-order valence-electron chi connectivity index (χ4n) is 3.47. The molecule has 0 aromatic heterocycles. The Balaban J connectivity index is 1.49. The van der Waals surface area contributed by atoms with Gasteiger partial charge in [-0.1, -0.05) is 48.5 Å². The number of ether oxygens (including phenoxy) is 1. The first-order chi connectivity index (χ1) is 14.0. The van der Waals surface area contributed by atoms with Gasteiger partial charge in [0.15, 0.2) is 5.96 Å². The number of hydrogen-bond donors (Lipinski definition) is 3. The van der Waals surface area contributed by atoms with E-state index in [1.54, 1.807) is 7.05 Å². The second-order valence-electron chi connectivity index (χ2n) is 7.81. The third-order valence-electron chi connectivity index (χ3n) is 4.89. The maximum absolute atomic E-state index is 12.1. The van der Waals surface area contributed by atoms with Crippen LogP contribution in [0, 0.1) is 0 Å². The van der Waals surface area contributed by atoms with Gasteiger partial charge in [-0.25, -0.2) is 0 Å². The fourth-order valence-corrected chi connectivity index (χ4v) is 3.47. The Morgan fingerprint density at radius 2 is 1.83 bits per heavy atom. The smallest absolute Gasteiger partial charge is 0.222 e. The van der Waals surface area contributed by atoms with E-state index >= 15 is 0 Å². The minimum absolute atomic E-state index is 0.00866. The van der Waals surface area contributed by atoms with Crippen LogP contribution in [0.25, 0.3) is 0 Å². The highest BCUT2D eigenvalue weighted by Gasteiger charge is 2.33. The van der Waals surface area contributed by atoms with Crippen molar-refractivity contribution in [2.75, 3.05) is 13.6 Å². The summed E-state index contributed by atoms with van der Waals surface area (Å²) in [5.41, 5.74) is 1.95. The molecule has 0 saturated carbocycles. The lowest BCUT2D eigenvalue weighted by Crippen LogP contribution is -2.45. The Labute approximate surface area is 172 Å². The number of nitrogens with one attached hydrogen (secondary N) is 3. The minimum Gasteiger partial charge on any atom is -0.487 e. The second kappa shape index (κ2) is 9.45. The molecule has 6 nitrogen and oxygen atoms in total. The van der Waals surface area contributed by atoms with Gasteiger partial charge in [0, 0.05) is 38.5 Å². The molecule has 1 unspecified atom stereocenters. The molecule has 1 atom stereocenters. The van der Waals surface area contributed by atoms with Gasteiger partial charge in [-0.05, 0) is 25.5 Å². The second-order valence-corrected chi connectivity index (χ2v) is 7.81. The Bertz CT molecular complexity index is 849. The van der Waals surface area contributed by atoms with E-state index in [-0.39, 0.29) is 17.6 Å². The highest BCUT2D eigenvalue weighted by molar-refractivity contribution is 5.81. The van der Waals surface area contributed by atoms with Crippen molar-refractivity contribution in [3.05, 3.63) is 65.7 Å². The molecule has 0 radical (unpaired) electrons. The van der Waals surface area contributed by atoms with E-state index in [1.807, 2.05) is 48.5 Å². The Morgan fingerprint density at radius 1 is 1.10 bits per heavy atom. The van der Waals surface area contributed by atoms with E-state index in [2.05, 4.69) is 40.9 Å². The quantitative estimate of drug-likeness (QED) is 0.520. The Kier molecular flexibility index (Phi) is 6.75. The molecule has 2 aromatic carbocycles. The van der Waals surface area contributed by atoms with Crippen LogP contribution in [0.4, 0.5) is 0 Å². The molecule has 0 spiro atoms. The summed E-state index contributed by atoms with van der Waals surface area (Å²) < 4.78 is 6.09. The normalized spacial score (nSPS) is 17.6. The van der Waals surface area contributed by atoms with Crippen LogP contribution in [0.5, 0.6) is 5.75 Å². The van der Waals surface area contributed by atoms with Crippen LogP contribution in [-0.2, 0) is 11.3 Å². The summed E-state index contributed by atoms with van der Waals surface area (Å²) in [6.45, 7) is 5.23. The van der Waals surface area contributed by atoms with Crippen molar-refractivity contribution in [3.63, 3.8) is 0 Å². The molecule has 29 heavy (non-hydrogen) atoms. The van der Waals surface area contributed by atoms with Gasteiger partial charge in [-0.3, -0.25) is 9.79 Å². The molecule has 0 bridgehead atoms. The van der Waals surface area contributed by atoms with Gasteiger partial charge < -0.3 is 20.7 Å². The number of rotatable bonds is 6. The third-order valence-corrected chi connectivity index (χ3v) is 4.89. The molecule has 154 valence electrons. The first kappa shape index (κ1) is 20.7. The number of para-hydroxylation sites is 1. The molecule has 0 saturated heterocycles. The molecule has 1 aliphatic heterocycles. The molecule has 0 fully saturated rings. The highest BCUT2D eigenvalue weighted by atomic mass is 16.5. The van der Waals surface area contributed by atoms with Crippen LogP contribution in [0.3, 0.4) is 0 Å². The number of aliphatic imine (C=N–C) groups is 1. The summed E-state index contributed by atoms with van der Waals surface area (Å²) in [4.78, 5) is 16.4. The van der Waals surface area contributed by atoms with Crippen molar-refractivity contribution in [1.29, 1.82) is 0 Å². The first-order valence-electron chi connectivity index (χ1n) is 10.0. The molecular weight excluding hydrogens is 364 g/mol.